The van der Waals surface area contributed by atoms with Crippen molar-refractivity contribution in [2.24, 2.45) is 0 Å². The lowest BCUT2D eigenvalue weighted by Gasteiger charge is -2.10. The van der Waals surface area contributed by atoms with Gasteiger partial charge in [-0.05, 0) is 49.2 Å². The first kappa shape index (κ1) is 14.0. The molecule has 0 unspecified atom stereocenters. The molecule has 1 amide bonds. The molecule has 0 aliphatic carbocycles. The third-order valence-electron chi connectivity index (χ3n) is 3.39. The van der Waals surface area contributed by atoms with Crippen molar-refractivity contribution in [1.82, 2.24) is 14.8 Å². The van der Waals surface area contributed by atoms with Gasteiger partial charge in [0.05, 0.1) is 0 Å². The highest BCUT2D eigenvalue weighted by Gasteiger charge is 2.10. The molecule has 110 valence electrons. The van der Waals surface area contributed by atoms with Crippen molar-refractivity contribution in [3.8, 4) is 5.82 Å². The number of rotatable bonds is 3. The molecule has 0 atom stereocenters. The van der Waals surface area contributed by atoms with Crippen LogP contribution in [0.25, 0.3) is 5.82 Å². The number of aromatic nitrogens is 3. The molecule has 0 spiro atoms. The predicted molar refractivity (Wildman–Crippen MR) is 85.2 cm³/mol. The molecule has 5 nitrogen and oxygen atoms in total. The molecular weight excluding hydrogens is 276 g/mol. The van der Waals surface area contributed by atoms with Gasteiger partial charge in [-0.2, -0.15) is 5.10 Å². The third-order valence-corrected chi connectivity index (χ3v) is 3.39. The van der Waals surface area contributed by atoms with Crippen LogP contribution >= 0.6 is 0 Å². The van der Waals surface area contributed by atoms with Crippen LogP contribution in [0.4, 0.5) is 5.69 Å². The quantitative estimate of drug-likeness (QED) is 0.806. The summed E-state index contributed by atoms with van der Waals surface area (Å²) in [5, 5.41) is 7.06. The zero-order valence-electron chi connectivity index (χ0n) is 12.4. The van der Waals surface area contributed by atoms with Crippen LogP contribution in [0.3, 0.4) is 0 Å². The Morgan fingerprint density at radius 1 is 1.14 bits per heavy atom. The summed E-state index contributed by atoms with van der Waals surface area (Å²) in [6, 6.07) is 11.2. The minimum atomic E-state index is -0.162. The first-order chi connectivity index (χ1) is 10.6. The van der Waals surface area contributed by atoms with Crippen molar-refractivity contribution in [2.75, 3.05) is 5.32 Å². The second-order valence-electron chi connectivity index (χ2n) is 5.13. The second kappa shape index (κ2) is 5.81. The number of hydrogen-bond donors (Lipinski definition) is 1. The number of benzene rings is 1. The number of nitrogens with one attached hydrogen (secondary N) is 1. The summed E-state index contributed by atoms with van der Waals surface area (Å²) in [4.78, 5) is 16.7. The molecule has 0 fully saturated rings. The normalized spacial score (nSPS) is 10.5. The molecule has 5 heteroatoms. The monoisotopic (exact) mass is 292 g/mol. The minimum absolute atomic E-state index is 0.162. The van der Waals surface area contributed by atoms with Crippen molar-refractivity contribution in [3.05, 3.63) is 71.7 Å². The van der Waals surface area contributed by atoms with Crippen molar-refractivity contribution >= 4 is 11.6 Å². The summed E-state index contributed by atoms with van der Waals surface area (Å²) in [7, 11) is 0. The van der Waals surface area contributed by atoms with E-state index in [4.69, 9.17) is 0 Å². The SMILES string of the molecule is Cc1ccc(C)c(NC(=O)c2ccnc(-n3cccn3)c2)c1. The van der Waals surface area contributed by atoms with Crippen LogP contribution in [0.15, 0.2) is 55.0 Å². The van der Waals surface area contributed by atoms with E-state index >= 15 is 0 Å². The fraction of sp³-hybridized carbons (Fsp3) is 0.118. The molecule has 0 radical (unpaired) electrons. The molecule has 1 N–H and O–H groups in total. The third kappa shape index (κ3) is 2.88. The molecule has 3 aromatic rings. The number of aryl methyl sites for hydroxylation is 2. The highest BCUT2D eigenvalue weighted by molar-refractivity contribution is 6.04. The van der Waals surface area contributed by atoms with Gasteiger partial charge in [-0.15, -0.1) is 0 Å². The van der Waals surface area contributed by atoms with Crippen molar-refractivity contribution in [3.63, 3.8) is 0 Å². The molecule has 0 aliphatic heterocycles. The summed E-state index contributed by atoms with van der Waals surface area (Å²) >= 11 is 0. The number of carbonyl (C=O) groups is 1. The highest BCUT2D eigenvalue weighted by atomic mass is 16.1. The first-order valence-electron chi connectivity index (χ1n) is 6.98. The number of anilines is 1. The molecule has 22 heavy (non-hydrogen) atoms. The van der Waals surface area contributed by atoms with Gasteiger partial charge in [0, 0.05) is 29.8 Å². The van der Waals surface area contributed by atoms with Crippen LogP contribution in [-0.2, 0) is 0 Å². The van der Waals surface area contributed by atoms with Gasteiger partial charge in [0.2, 0.25) is 0 Å². The summed E-state index contributed by atoms with van der Waals surface area (Å²) in [5.41, 5.74) is 3.50. The second-order valence-corrected chi connectivity index (χ2v) is 5.13. The van der Waals surface area contributed by atoms with Crippen LogP contribution in [-0.4, -0.2) is 20.7 Å². The minimum Gasteiger partial charge on any atom is -0.322 e. The van der Waals surface area contributed by atoms with E-state index < -0.39 is 0 Å². The standard InChI is InChI=1S/C17H16N4O/c1-12-4-5-13(2)15(10-12)20-17(22)14-6-8-18-16(11-14)21-9-3-7-19-21/h3-11H,1-2H3,(H,20,22). The molecule has 0 saturated heterocycles. The van der Waals surface area contributed by atoms with E-state index in [9.17, 15) is 4.79 Å². The summed E-state index contributed by atoms with van der Waals surface area (Å²) < 4.78 is 1.62. The van der Waals surface area contributed by atoms with Gasteiger partial charge in [0.15, 0.2) is 5.82 Å². The zero-order valence-corrected chi connectivity index (χ0v) is 12.4. The van der Waals surface area contributed by atoms with Crippen molar-refractivity contribution < 1.29 is 4.79 Å². The van der Waals surface area contributed by atoms with Gasteiger partial charge < -0.3 is 5.32 Å². The van der Waals surface area contributed by atoms with Gasteiger partial charge >= 0.3 is 0 Å². The largest absolute Gasteiger partial charge is 0.322 e. The van der Waals surface area contributed by atoms with E-state index in [1.54, 1.807) is 35.4 Å². The van der Waals surface area contributed by atoms with E-state index in [0.29, 0.717) is 11.4 Å². The molecule has 3 rings (SSSR count). The van der Waals surface area contributed by atoms with Crippen LogP contribution in [0.5, 0.6) is 0 Å². The van der Waals surface area contributed by atoms with E-state index in [1.165, 1.54) is 0 Å². The Hall–Kier alpha value is -2.95. The Balaban J connectivity index is 1.86. The van der Waals surface area contributed by atoms with Gasteiger partial charge in [0.25, 0.3) is 5.91 Å². The van der Waals surface area contributed by atoms with E-state index in [0.717, 1.165) is 16.8 Å². The smallest absolute Gasteiger partial charge is 0.255 e. The molecule has 1 aromatic carbocycles. The average molecular weight is 292 g/mol. The fourth-order valence-electron chi connectivity index (χ4n) is 2.15. The lowest BCUT2D eigenvalue weighted by molar-refractivity contribution is 0.102. The Morgan fingerprint density at radius 3 is 2.77 bits per heavy atom. The molecule has 2 heterocycles. The van der Waals surface area contributed by atoms with E-state index in [2.05, 4.69) is 15.4 Å². The summed E-state index contributed by atoms with van der Waals surface area (Å²) in [5.74, 6) is 0.447. The van der Waals surface area contributed by atoms with Crippen molar-refractivity contribution in [2.45, 2.75) is 13.8 Å². The molecule has 0 saturated carbocycles. The molecule has 2 aromatic heterocycles. The van der Waals surface area contributed by atoms with Crippen LogP contribution < -0.4 is 5.32 Å². The van der Waals surface area contributed by atoms with Crippen LogP contribution in [0.1, 0.15) is 21.5 Å². The predicted octanol–water partition coefficient (Wildman–Crippen LogP) is 3.14. The zero-order chi connectivity index (χ0) is 15.5. The van der Waals surface area contributed by atoms with Gasteiger partial charge in [-0.3, -0.25) is 4.79 Å². The van der Waals surface area contributed by atoms with E-state index in [-0.39, 0.29) is 5.91 Å². The first-order valence-corrected chi connectivity index (χ1v) is 6.98. The Bertz CT molecular complexity index is 809. The molecule has 0 aliphatic rings. The van der Waals surface area contributed by atoms with Crippen LogP contribution in [0, 0.1) is 13.8 Å². The number of nitrogens with zero attached hydrogens (tertiary/aromatic N) is 3. The fourth-order valence-corrected chi connectivity index (χ4v) is 2.15. The lowest BCUT2D eigenvalue weighted by Crippen LogP contribution is -2.14. The number of carbonyl (C=O) groups excluding carboxylic acids is 1. The Morgan fingerprint density at radius 2 is 2.00 bits per heavy atom. The van der Waals surface area contributed by atoms with Crippen LogP contribution in [0.2, 0.25) is 0 Å². The molecule has 0 bridgehead atoms. The maximum atomic E-state index is 12.4. The maximum Gasteiger partial charge on any atom is 0.255 e. The highest BCUT2D eigenvalue weighted by Crippen LogP contribution is 2.17. The Labute approximate surface area is 128 Å². The van der Waals surface area contributed by atoms with Crippen molar-refractivity contribution in [1.29, 1.82) is 0 Å². The number of hydrogen-bond acceptors (Lipinski definition) is 3. The number of pyridine rings is 1. The van der Waals surface area contributed by atoms with E-state index in [1.807, 2.05) is 38.1 Å². The van der Waals surface area contributed by atoms with Gasteiger partial charge in [-0.1, -0.05) is 12.1 Å². The summed E-state index contributed by atoms with van der Waals surface area (Å²) in [6.07, 6.45) is 5.06. The average Bonchev–Trinajstić information content (AvgIpc) is 3.05. The lowest BCUT2D eigenvalue weighted by atomic mass is 10.1. The van der Waals surface area contributed by atoms with Gasteiger partial charge in [0.1, 0.15) is 0 Å². The topological polar surface area (TPSA) is 59.8 Å². The van der Waals surface area contributed by atoms with Gasteiger partial charge in [-0.25, -0.2) is 9.67 Å². The summed E-state index contributed by atoms with van der Waals surface area (Å²) in [6.45, 7) is 3.97. The molecular formula is C17H16N4O. The Kier molecular flexibility index (Phi) is 3.70. The number of amides is 1. The maximum absolute atomic E-state index is 12.4.